The first-order chi connectivity index (χ1) is 18.1. The molecule has 1 fully saturated rings. The smallest absolute Gasteiger partial charge is 0.0125 e. The summed E-state index contributed by atoms with van der Waals surface area (Å²) in [7, 11) is 0. The normalized spacial score (nSPS) is 15.5. The highest BCUT2D eigenvalue weighted by molar-refractivity contribution is 5.30. The topological polar surface area (TPSA) is 0 Å². The maximum absolute atomic E-state index is 4.20. The van der Waals surface area contributed by atoms with Gasteiger partial charge in [0.1, 0.15) is 0 Å². The molecule has 2 unspecified atom stereocenters. The van der Waals surface area contributed by atoms with Crippen LogP contribution in [-0.4, -0.2) is 0 Å². The zero-order chi connectivity index (χ0) is 30.0. The Morgan fingerprint density at radius 3 is 1.89 bits per heavy atom. The van der Waals surface area contributed by atoms with E-state index in [1.165, 1.54) is 93.8 Å². The molecule has 0 bridgehead atoms. The summed E-state index contributed by atoms with van der Waals surface area (Å²) in [6, 6.07) is 0. The molecule has 0 amide bonds. The van der Waals surface area contributed by atoms with Gasteiger partial charge in [0.15, 0.2) is 0 Å². The lowest BCUT2D eigenvalue weighted by atomic mass is 9.77. The van der Waals surface area contributed by atoms with Crippen LogP contribution >= 0.6 is 0 Å². The summed E-state index contributed by atoms with van der Waals surface area (Å²) in [5.74, 6) is 1.99. The molecule has 0 radical (unpaired) electrons. The third-order valence-electron chi connectivity index (χ3n) is 7.30. The van der Waals surface area contributed by atoms with E-state index < -0.39 is 0 Å². The molecule has 0 heterocycles. The molecule has 0 saturated heterocycles. The van der Waals surface area contributed by atoms with Gasteiger partial charge in [-0.3, -0.25) is 0 Å². The first-order valence-corrected chi connectivity index (χ1v) is 16.5. The second kappa shape index (κ2) is 27.3. The van der Waals surface area contributed by atoms with Crippen LogP contribution in [0.3, 0.4) is 0 Å². The number of unbranched alkanes of at least 4 members (excludes halogenated alkanes) is 1. The van der Waals surface area contributed by atoms with Crippen molar-refractivity contribution in [2.24, 2.45) is 23.2 Å². The zero-order valence-electron chi connectivity index (χ0n) is 28.6. The van der Waals surface area contributed by atoms with E-state index in [0.717, 1.165) is 12.3 Å². The summed E-state index contributed by atoms with van der Waals surface area (Å²) in [5.41, 5.74) is 8.11. The molecule has 0 aliphatic heterocycles. The molecular formula is C38H72. The van der Waals surface area contributed by atoms with Gasteiger partial charge in [-0.2, -0.15) is 0 Å². The van der Waals surface area contributed by atoms with E-state index >= 15 is 0 Å². The van der Waals surface area contributed by atoms with Crippen LogP contribution in [0.25, 0.3) is 0 Å². The Morgan fingerprint density at radius 1 is 0.921 bits per heavy atom. The zero-order valence-corrected chi connectivity index (χ0v) is 28.6. The van der Waals surface area contributed by atoms with Crippen LogP contribution in [0.4, 0.5) is 0 Å². The second-order valence-corrected chi connectivity index (χ2v) is 11.8. The minimum atomic E-state index is 0.552. The molecule has 0 spiro atoms. The Hall–Kier alpha value is -1.26. The van der Waals surface area contributed by atoms with E-state index in [4.69, 9.17) is 0 Å². The molecule has 1 rings (SSSR count). The SMILES string of the molecule is C=C=C(C(C)CCC(CCC)C(/C=C\C)=C/C(=C)CC)C1CCCCC1.CC.CC.CCCCC(C)(C)C. The molecule has 1 saturated carbocycles. The number of hydrogen-bond donors (Lipinski definition) is 0. The van der Waals surface area contributed by atoms with Crippen molar-refractivity contribution in [1.82, 2.24) is 0 Å². The van der Waals surface area contributed by atoms with Crippen molar-refractivity contribution in [2.75, 3.05) is 0 Å². The van der Waals surface area contributed by atoms with Crippen LogP contribution in [-0.2, 0) is 0 Å². The molecule has 0 nitrogen and oxygen atoms in total. The van der Waals surface area contributed by atoms with Gasteiger partial charge in [0, 0.05) is 0 Å². The van der Waals surface area contributed by atoms with E-state index in [9.17, 15) is 0 Å². The lowest BCUT2D eigenvalue weighted by Gasteiger charge is -2.28. The van der Waals surface area contributed by atoms with Crippen molar-refractivity contribution in [1.29, 1.82) is 0 Å². The monoisotopic (exact) mass is 529 g/mol. The average Bonchev–Trinajstić information content (AvgIpc) is 2.92. The molecule has 2 atom stereocenters. The summed E-state index contributed by atoms with van der Waals surface area (Å²) in [4.78, 5) is 0. The van der Waals surface area contributed by atoms with Crippen LogP contribution in [0.2, 0.25) is 0 Å². The maximum Gasteiger partial charge on any atom is -0.0125 e. The van der Waals surface area contributed by atoms with Crippen molar-refractivity contribution < 1.29 is 0 Å². The molecule has 1 aliphatic carbocycles. The van der Waals surface area contributed by atoms with E-state index in [2.05, 4.69) is 92.5 Å². The van der Waals surface area contributed by atoms with Gasteiger partial charge < -0.3 is 0 Å². The summed E-state index contributed by atoms with van der Waals surface area (Å²) < 4.78 is 0. The van der Waals surface area contributed by atoms with E-state index in [1.54, 1.807) is 0 Å². The number of rotatable bonds is 13. The summed E-state index contributed by atoms with van der Waals surface area (Å²) >= 11 is 0. The van der Waals surface area contributed by atoms with Crippen molar-refractivity contribution >= 4 is 0 Å². The quantitative estimate of drug-likeness (QED) is 0.165. The minimum absolute atomic E-state index is 0.552. The molecule has 0 N–H and O–H groups in total. The fourth-order valence-corrected chi connectivity index (χ4v) is 5.11. The van der Waals surface area contributed by atoms with E-state index in [1.807, 2.05) is 27.7 Å². The Morgan fingerprint density at radius 2 is 1.50 bits per heavy atom. The van der Waals surface area contributed by atoms with Gasteiger partial charge in [-0.25, -0.2) is 0 Å². The van der Waals surface area contributed by atoms with Crippen molar-refractivity contribution in [2.45, 2.75) is 167 Å². The van der Waals surface area contributed by atoms with Crippen LogP contribution in [0.15, 0.2) is 53.8 Å². The standard InChI is InChI=1S/C26H42.C8H18.2C2H6/c1-7-14-23(25(15-8-2)20-21(5)9-3)19-18-22(6)26(10-4)24-16-12-11-13-17-24;1-5-6-7-8(2,3)4;2*1-2/h8,15,20,22-24H,4-5,7,9,11-14,16-19H2,1-3,6H3;5-7H2,1-4H3;2*1-2H3/b15-8-,25-20+;;;. The Bertz CT molecular complexity index is 638. The second-order valence-electron chi connectivity index (χ2n) is 11.8. The van der Waals surface area contributed by atoms with Gasteiger partial charge in [0.25, 0.3) is 0 Å². The Balaban J connectivity index is -0.000000859. The Kier molecular flexibility index (Phi) is 29.6. The first-order valence-electron chi connectivity index (χ1n) is 16.5. The van der Waals surface area contributed by atoms with Crippen molar-refractivity contribution in [3.8, 4) is 0 Å². The maximum atomic E-state index is 4.20. The van der Waals surface area contributed by atoms with E-state index in [-0.39, 0.29) is 0 Å². The lowest BCUT2D eigenvalue weighted by Crippen LogP contribution is -2.15. The third kappa shape index (κ3) is 21.6. The van der Waals surface area contributed by atoms with Gasteiger partial charge in [-0.1, -0.05) is 152 Å². The molecule has 0 aromatic carbocycles. The van der Waals surface area contributed by atoms with Gasteiger partial charge in [-0.05, 0) is 86.2 Å². The number of hydrogen-bond acceptors (Lipinski definition) is 0. The largest absolute Gasteiger partial charge is 0.129 e. The Labute approximate surface area is 243 Å². The molecule has 1 aliphatic rings. The fourth-order valence-electron chi connectivity index (χ4n) is 5.11. The summed E-state index contributed by atoms with van der Waals surface area (Å²) in [5, 5.41) is 0. The fraction of sp³-hybridized carbons (Fsp3) is 0.763. The highest BCUT2D eigenvalue weighted by atomic mass is 14.3. The lowest BCUT2D eigenvalue weighted by molar-refractivity contribution is 0.360. The van der Waals surface area contributed by atoms with Crippen molar-refractivity contribution in [3.05, 3.63) is 53.8 Å². The molecule has 0 aromatic heterocycles. The van der Waals surface area contributed by atoms with Gasteiger partial charge >= 0.3 is 0 Å². The predicted molar refractivity (Wildman–Crippen MR) is 180 cm³/mol. The van der Waals surface area contributed by atoms with Crippen LogP contribution in [0, 0.1) is 23.2 Å². The molecule has 38 heavy (non-hydrogen) atoms. The highest BCUT2D eigenvalue weighted by Gasteiger charge is 2.23. The minimum Gasteiger partial charge on any atom is -0.129 e. The third-order valence-corrected chi connectivity index (χ3v) is 7.30. The van der Waals surface area contributed by atoms with Crippen LogP contribution in [0.5, 0.6) is 0 Å². The average molecular weight is 529 g/mol. The van der Waals surface area contributed by atoms with Gasteiger partial charge in [0.2, 0.25) is 0 Å². The predicted octanol–water partition coefficient (Wildman–Crippen LogP) is 13.9. The molecule has 0 heteroatoms. The summed E-state index contributed by atoms with van der Waals surface area (Å²) in [6.07, 6.45) is 23.8. The molecule has 224 valence electrons. The molecular weight excluding hydrogens is 456 g/mol. The first kappa shape index (κ1) is 41.2. The molecule has 0 aromatic rings. The van der Waals surface area contributed by atoms with Crippen LogP contribution in [0.1, 0.15) is 167 Å². The van der Waals surface area contributed by atoms with Crippen LogP contribution < -0.4 is 0 Å². The van der Waals surface area contributed by atoms with Crippen molar-refractivity contribution in [3.63, 3.8) is 0 Å². The highest BCUT2D eigenvalue weighted by Crippen LogP contribution is 2.36. The summed E-state index contributed by atoms with van der Waals surface area (Å²) in [6.45, 7) is 34.4. The number of allylic oxidation sites excluding steroid dienone is 6. The van der Waals surface area contributed by atoms with Gasteiger partial charge in [0.05, 0.1) is 0 Å². The van der Waals surface area contributed by atoms with E-state index in [0.29, 0.717) is 17.3 Å². The van der Waals surface area contributed by atoms with Gasteiger partial charge in [-0.15, -0.1) is 5.73 Å².